The summed E-state index contributed by atoms with van der Waals surface area (Å²) < 4.78 is 2.04. The quantitative estimate of drug-likeness (QED) is 0.102. The first-order valence-corrected chi connectivity index (χ1v) is 13.6. The first kappa shape index (κ1) is 23.4. The van der Waals surface area contributed by atoms with Gasteiger partial charge in [0.15, 0.2) is 0 Å². The van der Waals surface area contributed by atoms with Crippen molar-refractivity contribution in [3.63, 3.8) is 0 Å². The molecular formula is C32H18N4OSe. The van der Waals surface area contributed by atoms with Crippen LogP contribution in [0.2, 0.25) is 0 Å². The number of aromatic nitrogens is 1. The number of fused-ring (bicyclic) bond motifs is 2. The number of Topliss-reactive ketones (excluding diaryl/α,β-unsaturated/α-hetero) is 1. The van der Waals surface area contributed by atoms with Crippen molar-refractivity contribution in [2.45, 2.75) is 0 Å². The molecule has 2 heterocycles. The van der Waals surface area contributed by atoms with E-state index in [-0.39, 0.29) is 26.0 Å². The van der Waals surface area contributed by atoms with Gasteiger partial charge in [0.2, 0.25) is 0 Å². The molecule has 0 amide bonds. The summed E-state index contributed by atoms with van der Waals surface area (Å²) >= 11 is -0.152. The summed E-state index contributed by atoms with van der Waals surface area (Å²) in [5, 5.41) is 11.9. The summed E-state index contributed by atoms with van der Waals surface area (Å²) in [7, 11) is 0. The van der Waals surface area contributed by atoms with E-state index in [2.05, 4.69) is 51.1 Å². The molecule has 0 atom stereocenters. The number of rotatable bonds is 4. The molecule has 0 spiro atoms. The van der Waals surface area contributed by atoms with Gasteiger partial charge in [0.1, 0.15) is 0 Å². The Morgan fingerprint density at radius 2 is 1.68 bits per heavy atom. The van der Waals surface area contributed by atoms with E-state index < -0.39 is 0 Å². The molecule has 0 saturated heterocycles. The van der Waals surface area contributed by atoms with Crippen LogP contribution in [-0.2, 0) is 0 Å². The Kier molecular flexibility index (Phi) is 6.04. The van der Waals surface area contributed by atoms with Gasteiger partial charge in [0.05, 0.1) is 0 Å². The summed E-state index contributed by atoms with van der Waals surface area (Å²) in [6.07, 6.45) is 3.63. The van der Waals surface area contributed by atoms with Crippen molar-refractivity contribution in [3.8, 4) is 6.07 Å². The maximum atomic E-state index is 13.3. The zero-order valence-electron chi connectivity index (χ0n) is 20.0. The molecule has 0 radical (unpaired) electrons. The van der Waals surface area contributed by atoms with E-state index in [4.69, 9.17) is 6.57 Å². The van der Waals surface area contributed by atoms with Gasteiger partial charge in [-0.1, -0.05) is 0 Å². The third-order valence-electron chi connectivity index (χ3n) is 6.40. The van der Waals surface area contributed by atoms with Crippen LogP contribution in [0.3, 0.4) is 0 Å². The molecule has 0 N–H and O–H groups in total. The summed E-state index contributed by atoms with van der Waals surface area (Å²) in [6, 6.07) is 33.7. The van der Waals surface area contributed by atoms with Gasteiger partial charge < -0.3 is 0 Å². The first-order valence-electron chi connectivity index (χ1n) is 11.9. The molecule has 0 aliphatic heterocycles. The average Bonchev–Trinajstić information content (AvgIpc) is 3.53. The summed E-state index contributed by atoms with van der Waals surface area (Å²) in [4.78, 5) is 23.5. The third kappa shape index (κ3) is 4.05. The van der Waals surface area contributed by atoms with Crippen LogP contribution >= 0.6 is 0 Å². The monoisotopic (exact) mass is 554 g/mol. The molecule has 0 fully saturated rings. The zero-order valence-corrected chi connectivity index (χ0v) is 21.7. The second-order valence-corrected chi connectivity index (χ2v) is 10.9. The Morgan fingerprint density at radius 3 is 2.45 bits per heavy atom. The number of pyridine rings is 1. The SMILES string of the molecule is [C-]#[N+]/C(C#N)=C1\C(=C/c2ccc(N(c3ccc4ccccc4c3)c3ccccn3)[se]2)C(=O)c2ccccc21. The number of carbonyl (C=O) groups excluding carboxylic acids is 1. The van der Waals surface area contributed by atoms with Crippen LogP contribution in [0.5, 0.6) is 0 Å². The number of benzene rings is 3. The minimum absolute atomic E-state index is 0.0693. The average molecular weight is 553 g/mol. The number of hydrogen-bond acceptors (Lipinski definition) is 4. The standard InChI is InChI=1S/C32H18N4OSe/c1-34-28(20-33)31-25-10-4-5-11-26(25)32(37)27(31)19-24-15-16-30(38-24)36(29-12-6-7-17-35-29)23-14-13-21-8-2-3-9-22(21)18-23/h2-19H/b27-19+,31-28-. The Labute approximate surface area is 225 Å². The van der Waals surface area contributed by atoms with E-state index >= 15 is 0 Å². The van der Waals surface area contributed by atoms with Crippen LogP contribution < -0.4 is 4.90 Å². The number of nitrogens with zero attached hydrogens (tertiary/aromatic N) is 4. The van der Waals surface area contributed by atoms with Crippen molar-refractivity contribution < 1.29 is 4.79 Å². The fraction of sp³-hybridized carbons (Fsp3) is 0. The van der Waals surface area contributed by atoms with Crippen molar-refractivity contribution in [3.05, 3.63) is 142 Å². The van der Waals surface area contributed by atoms with Gasteiger partial charge >= 0.3 is 226 Å². The molecule has 2 aromatic heterocycles. The van der Waals surface area contributed by atoms with Crippen molar-refractivity contribution in [2.75, 3.05) is 4.90 Å². The Morgan fingerprint density at radius 1 is 0.921 bits per heavy atom. The van der Waals surface area contributed by atoms with Crippen LogP contribution in [0.25, 0.3) is 27.3 Å². The van der Waals surface area contributed by atoms with Crippen molar-refractivity contribution in [1.29, 1.82) is 5.26 Å². The van der Waals surface area contributed by atoms with E-state index in [1.165, 1.54) is 5.39 Å². The van der Waals surface area contributed by atoms with Gasteiger partial charge in [-0.2, -0.15) is 0 Å². The molecule has 3 aromatic carbocycles. The molecule has 0 saturated carbocycles. The van der Waals surface area contributed by atoms with Gasteiger partial charge in [-0.05, 0) is 0 Å². The predicted molar refractivity (Wildman–Crippen MR) is 151 cm³/mol. The van der Waals surface area contributed by atoms with E-state index in [9.17, 15) is 10.1 Å². The normalized spacial score (nSPS) is 14.7. The third-order valence-corrected chi connectivity index (χ3v) is 8.53. The molecular weight excluding hydrogens is 535 g/mol. The predicted octanol–water partition coefficient (Wildman–Crippen LogP) is 7.20. The van der Waals surface area contributed by atoms with E-state index in [1.54, 1.807) is 24.4 Å². The summed E-state index contributed by atoms with van der Waals surface area (Å²) in [5.41, 5.74) is 2.92. The van der Waals surface area contributed by atoms with Gasteiger partial charge in [-0.15, -0.1) is 0 Å². The second kappa shape index (κ2) is 9.81. The summed E-state index contributed by atoms with van der Waals surface area (Å²) in [5.74, 6) is 0.649. The van der Waals surface area contributed by atoms with E-state index in [0.717, 1.165) is 25.9 Å². The fourth-order valence-corrected chi connectivity index (χ4v) is 6.75. The van der Waals surface area contributed by atoms with Gasteiger partial charge in [0.25, 0.3) is 0 Å². The van der Waals surface area contributed by atoms with Crippen molar-refractivity contribution in [2.24, 2.45) is 0 Å². The molecule has 178 valence electrons. The number of nitriles is 1. The maximum absolute atomic E-state index is 13.3. The number of hydrogen-bond donors (Lipinski definition) is 0. The van der Waals surface area contributed by atoms with Crippen LogP contribution in [0.4, 0.5) is 16.1 Å². The first-order chi connectivity index (χ1) is 18.7. The topological polar surface area (TPSA) is 61.4 Å². The minimum atomic E-state index is -0.159. The number of allylic oxidation sites excluding steroid dienone is 3. The van der Waals surface area contributed by atoms with Crippen LogP contribution in [0.1, 0.15) is 20.4 Å². The fourth-order valence-electron chi connectivity index (χ4n) is 4.69. The molecule has 38 heavy (non-hydrogen) atoms. The van der Waals surface area contributed by atoms with E-state index in [0.29, 0.717) is 22.3 Å². The van der Waals surface area contributed by atoms with Gasteiger partial charge in [-0.25, -0.2) is 0 Å². The molecule has 6 heteroatoms. The summed E-state index contributed by atoms with van der Waals surface area (Å²) in [6.45, 7) is 7.51. The van der Waals surface area contributed by atoms with Gasteiger partial charge in [-0.3, -0.25) is 0 Å². The number of anilines is 3. The molecule has 1 aliphatic rings. The second-order valence-electron chi connectivity index (χ2n) is 8.61. The van der Waals surface area contributed by atoms with E-state index in [1.807, 2.05) is 54.6 Å². The Balaban J connectivity index is 1.47. The Bertz CT molecular complexity index is 1850. The molecule has 5 aromatic rings. The zero-order chi connectivity index (χ0) is 26.1. The molecule has 6 rings (SSSR count). The van der Waals surface area contributed by atoms with Crippen LogP contribution in [-0.4, -0.2) is 25.3 Å². The Hall–Kier alpha value is -5.00. The van der Waals surface area contributed by atoms with Gasteiger partial charge in [0, 0.05) is 0 Å². The molecule has 1 aliphatic carbocycles. The van der Waals surface area contributed by atoms with Crippen molar-refractivity contribution in [1.82, 2.24) is 4.98 Å². The number of ketones is 1. The van der Waals surface area contributed by atoms with Crippen LogP contribution in [0, 0.1) is 17.9 Å². The van der Waals surface area contributed by atoms with Crippen LogP contribution in [0.15, 0.2) is 115 Å². The molecule has 0 bridgehead atoms. The van der Waals surface area contributed by atoms with Crippen molar-refractivity contribution >= 4 is 58.8 Å². The molecule has 0 unspecified atom stereocenters. The molecule has 5 nitrogen and oxygen atoms in total. The number of carbonyl (C=O) groups is 1.